The minimum Gasteiger partial charge on any atom is -0.370 e. The van der Waals surface area contributed by atoms with Crippen molar-refractivity contribution in [2.45, 2.75) is 20.3 Å². The molecule has 0 spiro atoms. The van der Waals surface area contributed by atoms with Crippen LogP contribution in [-0.4, -0.2) is 54.4 Å². The van der Waals surface area contributed by atoms with Crippen LogP contribution in [0.25, 0.3) is 0 Å². The van der Waals surface area contributed by atoms with E-state index in [1.165, 1.54) is 0 Å². The van der Waals surface area contributed by atoms with Crippen LogP contribution in [0.3, 0.4) is 0 Å². The maximum absolute atomic E-state index is 7.56. The lowest BCUT2D eigenvalue weighted by Gasteiger charge is -1.96. The maximum atomic E-state index is 7.56. The molecule has 142 valence electrons. The molecule has 0 saturated carbocycles. The molecule has 0 aromatic heterocycles. The van der Waals surface area contributed by atoms with Crippen LogP contribution in [-0.2, 0) is 23.6 Å². The Morgan fingerprint density at radius 3 is 1.17 bits per heavy atom. The lowest BCUT2D eigenvalue weighted by Crippen LogP contribution is -2.30. The van der Waals surface area contributed by atoms with Gasteiger partial charge in [0.2, 0.25) is 0 Å². The summed E-state index contributed by atoms with van der Waals surface area (Å²) in [6.45, 7) is -2.16. The summed E-state index contributed by atoms with van der Waals surface area (Å²) in [4.78, 5) is 45.3. The predicted octanol–water partition coefficient (Wildman–Crippen LogP) is -2.26. The first kappa shape index (κ1) is 30.5. The second-order valence-corrected chi connectivity index (χ2v) is 8.30. The summed E-state index contributed by atoms with van der Waals surface area (Å²) in [5, 5.41) is 18.5. The van der Waals surface area contributed by atoms with Gasteiger partial charge >= 0.3 is 13.4 Å². The molecule has 0 aromatic rings. The second kappa shape index (κ2) is 17.9. The topological polar surface area (TPSA) is 245 Å². The minimum absolute atomic E-state index is 0.0394. The van der Waals surface area contributed by atoms with Crippen LogP contribution < -0.4 is 22.1 Å². The van der Waals surface area contributed by atoms with Gasteiger partial charge in [-0.15, -0.1) is 0 Å². The first-order chi connectivity index (χ1) is 10.0. The highest BCUT2D eigenvalue weighted by Crippen LogP contribution is 2.26. The van der Waals surface area contributed by atoms with Crippen LogP contribution in [0.1, 0.15) is 20.3 Å². The van der Waals surface area contributed by atoms with Crippen molar-refractivity contribution in [1.29, 1.82) is 10.8 Å². The van der Waals surface area contributed by atoms with Crippen molar-refractivity contribution in [3.63, 3.8) is 0 Å². The Bertz CT molecular complexity index is 366. The van der Waals surface area contributed by atoms with Crippen LogP contribution in [0.15, 0.2) is 0 Å². The van der Waals surface area contributed by atoms with Gasteiger partial charge < -0.3 is 51.5 Å². The highest BCUT2D eigenvalue weighted by molar-refractivity contribution is 8.06. The highest BCUT2D eigenvalue weighted by Gasteiger charge is 1.92. The quantitative estimate of drug-likeness (QED) is 0.132. The summed E-state index contributed by atoms with van der Waals surface area (Å²) < 4.78 is 0. The third-order valence-electron chi connectivity index (χ3n) is 0.933. The van der Waals surface area contributed by atoms with Gasteiger partial charge in [-0.05, 0) is 37.0 Å². The molecule has 0 radical (unpaired) electrons. The van der Waals surface area contributed by atoms with E-state index in [1.807, 2.05) is 13.8 Å². The molecule has 0 heterocycles. The summed E-state index contributed by atoms with van der Waals surface area (Å²) in [6.07, 6.45) is 1.01. The third kappa shape index (κ3) is 190. The zero-order chi connectivity index (χ0) is 19.7. The second-order valence-electron chi connectivity index (χ2n) is 3.31. The maximum Gasteiger partial charge on any atom is 0.319 e. The van der Waals surface area contributed by atoms with Gasteiger partial charge in [0.05, 0.1) is 0 Å². The molecule has 0 fully saturated rings. The van der Waals surface area contributed by atoms with Crippen molar-refractivity contribution in [3.05, 3.63) is 0 Å². The van der Waals surface area contributed by atoms with Crippen molar-refractivity contribution >= 4 is 49.0 Å². The van der Waals surface area contributed by atoms with E-state index in [0.29, 0.717) is 0 Å². The smallest absolute Gasteiger partial charge is 0.319 e. The lowest BCUT2D eigenvalue weighted by molar-refractivity contribution is 0.361. The zero-order valence-electron chi connectivity index (χ0n) is 12.7. The third-order valence-corrected chi connectivity index (χ3v) is 0.933. The summed E-state index contributed by atoms with van der Waals surface area (Å²) in [5.74, 6) is 0.0966. The van der Waals surface area contributed by atoms with Gasteiger partial charge in [0.25, 0.3) is 0 Å². The largest absolute Gasteiger partial charge is 0.370 e. The van der Waals surface area contributed by atoms with Crippen LogP contribution in [0, 0.1) is 10.8 Å². The number of hydrogen-bond acceptors (Lipinski definition) is 4. The van der Waals surface area contributed by atoms with Crippen molar-refractivity contribution in [3.8, 4) is 0 Å². The van der Waals surface area contributed by atoms with Gasteiger partial charge in [-0.1, -0.05) is 6.92 Å². The molecule has 16 heteroatoms. The molecule has 0 atom stereocenters. The van der Waals surface area contributed by atoms with Crippen molar-refractivity contribution in [2.75, 3.05) is 13.1 Å². The molecule has 0 bridgehead atoms. The molecule has 0 rings (SSSR count). The van der Waals surface area contributed by atoms with Gasteiger partial charge in [0.15, 0.2) is 11.9 Å². The molecule has 0 saturated heterocycles. The SMILES string of the molecule is CCCNC(=N)N.CCNC(=N)N.OP(O)(O)=S.OP(O)(O)=S. The van der Waals surface area contributed by atoms with Gasteiger partial charge in [-0.25, -0.2) is 0 Å². The Morgan fingerprint density at radius 1 is 0.870 bits per heavy atom. The first-order valence-corrected chi connectivity index (χ1v) is 11.1. The van der Waals surface area contributed by atoms with Crippen molar-refractivity contribution < 1.29 is 29.4 Å². The Morgan fingerprint density at radius 2 is 1.13 bits per heavy atom. The van der Waals surface area contributed by atoms with Crippen molar-refractivity contribution in [1.82, 2.24) is 10.6 Å². The van der Waals surface area contributed by atoms with Crippen LogP contribution in [0.2, 0.25) is 0 Å². The summed E-state index contributed by atoms with van der Waals surface area (Å²) >= 11 is 7.21. The number of rotatable bonds is 3. The molecule has 0 amide bonds. The first-order valence-electron chi connectivity index (χ1n) is 5.76. The highest BCUT2D eigenvalue weighted by atomic mass is 32.5. The minimum atomic E-state index is -3.81. The van der Waals surface area contributed by atoms with Crippen LogP contribution in [0.4, 0.5) is 0 Å². The van der Waals surface area contributed by atoms with Crippen molar-refractivity contribution in [2.24, 2.45) is 11.5 Å². The molecule has 0 aliphatic rings. The van der Waals surface area contributed by atoms with E-state index >= 15 is 0 Å². The average molecular weight is 416 g/mol. The lowest BCUT2D eigenvalue weighted by atomic mass is 10.5. The summed E-state index contributed by atoms with van der Waals surface area (Å²) in [5.41, 5.74) is 9.83. The predicted molar refractivity (Wildman–Crippen MR) is 97.7 cm³/mol. The summed E-state index contributed by atoms with van der Waals surface area (Å²) in [7, 11) is 0. The standard InChI is InChI=1S/C4H11N3.C3H9N3.2H3O3PS/c1-2-3-7-4(5)6;1-2-6-3(4)5;2*1-4(2,3)5/h2-3H2,1H3,(H4,5,6,7);2H2,1H3,(H4,4,5,6);2*(H3,1,2,3,5). The van der Waals surface area contributed by atoms with E-state index in [-0.39, 0.29) is 11.9 Å². The van der Waals surface area contributed by atoms with Gasteiger partial charge in [0, 0.05) is 13.1 Å². The number of hydrogen-bond donors (Lipinski definition) is 12. The summed E-state index contributed by atoms with van der Waals surface area (Å²) in [6, 6.07) is 0. The van der Waals surface area contributed by atoms with E-state index in [0.717, 1.165) is 19.5 Å². The van der Waals surface area contributed by atoms with Gasteiger partial charge in [0.1, 0.15) is 0 Å². The number of nitrogens with one attached hydrogen (secondary N) is 4. The molecule has 14 N–H and O–H groups in total. The molecule has 0 aliphatic heterocycles. The Labute approximate surface area is 145 Å². The Kier molecular flexibility index (Phi) is 23.8. The monoisotopic (exact) mass is 416 g/mol. The normalized spacial score (nSPS) is 9.57. The van der Waals surface area contributed by atoms with Crippen LogP contribution >= 0.6 is 13.4 Å². The fraction of sp³-hybridized carbons (Fsp3) is 0.714. The van der Waals surface area contributed by atoms with E-state index in [9.17, 15) is 0 Å². The number of guanidine groups is 2. The van der Waals surface area contributed by atoms with E-state index in [1.54, 1.807) is 0 Å². The zero-order valence-corrected chi connectivity index (χ0v) is 16.1. The van der Waals surface area contributed by atoms with Gasteiger partial charge in [-0.3, -0.25) is 10.8 Å². The van der Waals surface area contributed by atoms with E-state index < -0.39 is 13.4 Å². The molecule has 0 unspecified atom stereocenters. The molecule has 12 nitrogen and oxygen atoms in total. The number of nitrogens with two attached hydrogens (primary N) is 2. The van der Waals surface area contributed by atoms with Gasteiger partial charge in [-0.2, -0.15) is 0 Å². The average Bonchev–Trinajstić information content (AvgIpc) is 2.22. The molecule has 23 heavy (non-hydrogen) atoms. The molecule has 0 aromatic carbocycles. The van der Waals surface area contributed by atoms with Crippen LogP contribution in [0.5, 0.6) is 0 Å². The fourth-order valence-electron chi connectivity index (χ4n) is 0.450. The fourth-order valence-corrected chi connectivity index (χ4v) is 0.450. The molecular formula is C7H26N6O6P2S2. The molecular weight excluding hydrogens is 390 g/mol. The van der Waals surface area contributed by atoms with E-state index in [4.69, 9.17) is 51.6 Å². The van der Waals surface area contributed by atoms with E-state index in [2.05, 4.69) is 34.2 Å². The Balaban J connectivity index is -0.000000106. The Hall–Kier alpha value is -0.400. The molecule has 0 aliphatic carbocycles.